The van der Waals surface area contributed by atoms with Gasteiger partial charge in [-0.05, 0) is 43.6 Å². The molecule has 18 heavy (non-hydrogen) atoms. The highest BCUT2D eigenvalue weighted by atomic mass is 32.2. The van der Waals surface area contributed by atoms with Crippen molar-refractivity contribution in [3.63, 3.8) is 0 Å². The quantitative estimate of drug-likeness (QED) is 0.559. The molecular formula is C12H22N2O3S. The Morgan fingerprint density at radius 3 is 2.67 bits per heavy atom. The zero-order chi connectivity index (χ0) is 13.4. The molecule has 0 aromatic heterocycles. The molecule has 104 valence electrons. The van der Waals surface area contributed by atoms with Crippen LogP contribution in [0.25, 0.3) is 0 Å². The summed E-state index contributed by atoms with van der Waals surface area (Å²) in [6.45, 7) is 0.650. The third-order valence-corrected chi connectivity index (χ3v) is 3.66. The average molecular weight is 274 g/mol. The van der Waals surface area contributed by atoms with Crippen molar-refractivity contribution < 1.29 is 14.7 Å². The van der Waals surface area contributed by atoms with Crippen LogP contribution in [0, 0.1) is 5.92 Å². The molecule has 1 rings (SSSR count). The van der Waals surface area contributed by atoms with Gasteiger partial charge in [0.15, 0.2) is 0 Å². The van der Waals surface area contributed by atoms with Gasteiger partial charge in [0.2, 0.25) is 0 Å². The summed E-state index contributed by atoms with van der Waals surface area (Å²) in [4.78, 5) is 22.3. The molecule has 5 nitrogen and oxygen atoms in total. The molecule has 1 unspecified atom stereocenters. The molecule has 0 radical (unpaired) electrons. The van der Waals surface area contributed by atoms with Crippen LogP contribution in [0.2, 0.25) is 0 Å². The van der Waals surface area contributed by atoms with Gasteiger partial charge in [-0.25, -0.2) is 4.79 Å². The molecular weight excluding hydrogens is 252 g/mol. The fourth-order valence-electron chi connectivity index (χ4n) is 1.82. The van der Waals surface area contributed by atoms with Gasteiger partial charge >= 0.3 is 12.0 Å². The lowest BCUT2D eigenvalue weighted by Crippen LogP contribution is -2.44. The maximum absolute atomic E-state index is 11.6. The van der Waals surface area contributed by atoms with Crippen molar-refractivity contribution in [2.24, 2.45) is 5.92 Å². The highest BCUT2D eigenvalue weighted by molar-refractivity contribution is 7.98. The normalized spacial score (nSPS) is 16.1. The van der Waals surface area contributed by atoms with Crippen molar-refractivity contribution in [3.8, 4) is 0 Å². The molecule has 1 saturated carbocycles. The second-order valence-electron chi connectivity index (χ2n) is 4.64. The molecule has 1 aliphatic rings. The molecule has 3 N–H and O–H groups in total. The van der Waals surface area contributed by atoms with Crippen LogP contribution in [0.3, 0.4) is 0 Å². The van der Waals surface area contributed by atoms with E-state index in [0.717, 1.165) is 31.4 Å². The molecule has 1 fully saturated rings. The molecule has 1 aliphatic carbocycles. The van der Waals surface area contributed by atoms with Crippen LogP contribution in [0.1, 0.15) is 32.1 Å². The third kappa shape index (κ3) is 6.74. The van der Waals surface area contributed by atoms with E-state index in [0.29, 0.717) is 12.5 Å². The first-order valence-corrected chi connectivity index (χ1v) is 7.78. The van der Waals surface area contributed by atoms with E-state index in [1.165, 1.54) is 0 Å². The molecule has 0 spiro atoms. The topological polar surface area (TPSA) is 78.4 Å². The Morgan fingerprint density at radius 2 is 2.11 bits per heavy atom. The number of hydrogen-bond acceptors (Lipinski definition) is 3. The maximum Gasteiger partial charge on any atom is 0.315 e. The zero-order valence-corrected chi connectivity index (χ0v) is 11.6. The SMILES string of the molecule is CSCCCCNC(=O)NC(CC(=O)O)C1CC1. The van der Waals surface area contributed by atoms with Gasteiger partial charge in [-0.2, -0.15) is 11.8 Å². The number of amides is 2. The van der Waals surface area contributed by atoms with E-state index in [1.54, 1.807) is 11.8 Å². The molecule has 6 heteroatoms. The lowest BCUT2D eigenvalue weighted by molar-refractivity contribution is -0.137. The second kappa shape index (κ2) is 8.24. The van der Waals surface area contributed by atoms with Crippen molar-refractivity contribution in [2.75, 3.05) is 18.6 Å². The van der Waals surface area contributed by atoms with Crippen molar-refractivity contribution in [1.29, 1.82) is 0 Å². The van der Waals surface area contributed by atoms with Crippen molar-refractivity contribution in [1.82, 2.24) is 10.6 Å². The Bertz CT molecular complexity index is 282. The minimum absolute atomic E-state index is 0.0184. The number of nitrogens with one attached hydrogen (secondary N) is 2. The summed E-state index contributed by atoms with van der Waals surface area (Å²) in [5.41, 5.74) is 0. The van der Waals surface area contributed by atoms with E-state index in [9.17, 15) is 9.59 Å². The van der Waals surface area contributed by atoms with E-state index in [-0.39, 0.29) is 18.5 Å². The van der Waals surface area contributed by atoms with Crippen LogP contribution in [-0.4, -0.2) is 41.7 Å². The monoisotopic (exact) mass is 274 g/mol. The van der Waals surface area contributed by atoms with Crippen LogP contribution in [-0.2, 0) is 4.79 Å². The minimum Gasteiger partial charge on any atom is -0.481 e. The van der Waals surface area contributed by atoms with Gasteiger partial charge in [-0.3, -0.25) is 4.79 Å². The fourth-order valence-corrected chi connectivity index (χ4v) is 2.31. The molecule has 0 heterocycles. The van der Waals surface area contributed by atoms with E-state index in [2.05, 4.69) is 16.9 Å². The summed E-state index contributed by atoms with van der Waals surface area (Å²) in [7, 11) is 0. The van der Waals surface area contributed by atoms with Crippen molar-refractivity contribution in [2.45, 2.75) is 38.1 Å². The number of carboxylic acid groups (broad SMARTS) is 1. The largest absolute Gasteiger partial charge is 0.481 e. The van der Waals surface area contributed by atoms with Gasteiger partial charge in [0.05, 0.1) is 6.42 Å². The summed E-state index contributed by atoms with van der Waals surface area (Å²) < 4.78 is 0. The van der Waals surface area contributed by atoms with Gasteiger partial charge in [0, 0.05) is 12.6 Å². The Hall–Kier alpha value is -0.910. The van der Waals surface area contributed by atoms with Crippen molar-refractivity contribution in [3.05, 3.63) is 0 Å². The highest BCUT2D eigenvalue weighted by Crippen LogP contribution is 2.33. The Balaban J connectivity index is 2.14. The lowest BCUT2D eigenvalue weighted by atomic mass is 10.1. The maximum atomic E-state index is 11.6. The smallest absolute Gasteiger partial charge is 0.315 e. The van der Waals surface area contributed by atoms with Gasteiger partial charge in [0.1, 0.15) is 0 Å². The number of carbonyl (C=O) groups excluding carboxylic acids is 1. The highest BCUT2D eigenvalue weighted by Gasteiger charge is 2.33. The fraction of sp³-hybridized carbons (Fsp3) is 0.833. The van der Waals surface area contributed by atoms with Crippen LogP contribution < -0.4 is 10.6 Å². The molecule has 1 atom stereocenters. The van der Waals surface area contributed by atoms with E-state index in [1.807, 2.05) is 0 Å². The molecule has 0 aliphatic heterocycles. The number of thioether (sulfide) groups is 1. The first kappa shape index (κ1) is 15.1. The first-order valence-electron chi connectivity index (χ1n) is 6.38. The van der Waals surface area contributed by atoms with Crippen molar-refractivity contribution >= 4 is 23.8 Å². The molecule has 0 aromatic carbocycles. The average Bonchev–Trinajstić information content (AvgIpc) is 3.11. The summed E-state index contributed by atoms with van der Waals surface area (Å²) in [6.07, 6.45) is 6.17. The minimum atomic E-state index is -0.854. The van der Waals surface area contributed by atoms with Gasteiger partial charge in [-0.15, -0.1) is 0 Å². The zero-order valence-electron chi connectivity index (χ0n) is 10.8. The number of carbonyl (C=O) groups is 2. The predicted octanol–water partition coefficient (Wildman–Crippen LogP) is 1.68. The van der Waals surface area contributed by atoms with Crippen LogP contribution in [0.4, 0.5) is 4.79 Å². The van der Waals surface area contributed by atoms with E-state index < -0.39 is 5.97 Å². The van der Waals surface area contributed by atoms with Gasteiger partial charge < -0.3 is 15.7 Å². The Labute approximate surface area is 112 Å². The molecule has 0 aromatic rings. The van der Waals surface area contributed by atoms with E-state index >= 15 is 0 Å². The number of hydrogen-bond donors (Lipinski definition) is 3. The summed E-state index contributed by atoms with van der Waals surface area (Å²) in [5, 5.41) is 14.3. The summed E-state index contributed by atoms with van der Waals surface area (Å²) in [6, 6.07) is -0.453. The third-order valence-electron chi connectivity index (χ3n) is 2.96. The lowest BCUT2D eigenvalue weighted by Gasteiger charge is -2.16. The standard InChI is InChI=1S/C12H22N2O3S/c1-18-7-3-2-6-13-12(17)14-10(8-11(15)16)9-4-5-9/h9-10H,2-8H2,1H3,(H,15,16)(H2,13,14,17). The van der Waals surface area contributed by atoms with Gasteiger partial charge in [-0.1, -0.05) is 0 Å². The van der Waals surface area contributed by atoms with E-state index in [4.69, 9.17) is 5.11 Å². The number of carboxylic acids is 1. The Morgan fingerprint density at radius 1 is 1.39 bits per heavy atom. The second-order valence-corrected chi connectivity index (χ2v) is 5.63. The first-order chi connectivity index (χ1) is 8.63. The number of urea groups is 1. The summed E-state index contributed by atoms with van der Waals surface area (Å²) in [5.74, 6) is 0.600. The number of rotatable bonds is 9. The Kier molecular flexibility index (Phi) is 6.93. The van der Waals surface area contributed by atoms with Crippen LogP contribution in [0.5, 0.6) is 0 Å². The van der Waals surface area contributed by atoms with Crippen LogP contribution in [0.15, 0.2) is 0 Å². The molecule has 0 saturated heterocycles. The number of aliphatic carboxylic acids is 1. The van der Waals surface area contributed by atoms with Gasteiger partial charge in [0.25, 0.3) is 0 Å². The molecule has 2 amide bonds. The predicted molar refractivity (Wildman–Crippen MR) is 72.9 cm³/mol. The number of unbranched alkanes of at least 4 members (excludes halogenated alkanes) is 1. The summed E-state index contributed by atoms with van der Waals surface area (Å²) >= 11 is 1.80. The molecule has 0 bridgehead atoms. The van der Waals surface area contributed by atoms with Crippen LogP contribution >= 0.6 is 11.8 Å².